The fourth-order valence-corrected chi connectivity index (χ4v) is 4.52. The number of nitrogen functional groups attached to an aromatic ring is 1. The molecule has 3 aliphatic carbocycles. The minimum Gasteiger partial charge on any atom is -0.387 e. The monoisotopic (exact) mass is 464 g/mol. The molecule has 3 saturated carbocycles. The molecule has 1 atom stereocenters. The fourth-order valence-electron chi connectivity index (χ4n) is 4.52. The second-order valence-corrected chi connectivity index (χ2v) is 9.81. The van der Waals surface area contributed by atoms with Crippen LogP contribution in [0.25, 0.3) is 16.9 Å². The number of fused-ring (bicyclic) bond motifs is 1. The molecule has 2 bridgehead atoms. The van der Waals surface area contributed by atoms with Gasteiger partial charge < -0.3 is 21.5 Å². The summed E-state index contributed by atoms with van der Waals surface area (Å²) in [7, 11) is 0. The predicted octanol–water partition coefficient (Wildman–Crippen LogP) is 2.07. The van der Waals surface area contributed by atoms with Crippen LogP contribution in [0.5, 0.6) is 0 Å². The Morgan fingerprint density at radius 3 is 2.76 bits per heavy atom. The summed E-state index contributed by atoms with van der Waals surface area (Å²) in [5.74, 6) is 0.734. The average Bonchev–Trinajstić information content (AvgIpc) is 3.14. The van der Waals surface area contributed by atoms with E-state index in [9.17, 15) is 19.6 Å². The summed E-state index contributed by atoms with van der Waals surface area (Å²) in [5, 5.41) is 30.0. The number of carbonyl (C=O) groups is 1. The number of amides is 1. The van der Waals surface area contributed by atoms with Gasteiger partial charge in [0.1, 0.15) is 18.1 Å². The van der Waals surface area contributed by atoms with E-state index in [-0.39, 0.29) is 29.0 Å². The highest BCUT2D eigenvalue weighted by Crippen LogP contribution is 2.58. The maximum absolute atomic E-state index is 14.2. The maximum Gasteiger partial charge on any atom is 0.255 e. The molecule has 3 aliphatic rings. The molecule has 3 aromatic heterocycles. The Morgan fingerprint density at radius 1 is 1.41 bits per heavy atom. The van der Waals surface area contributed by atoms with Gasteiger partial charge in [-0.15, -0.1) is 0 Å². The molecule has 1 amide bonds. The number of nitrogens with zero attached hydrogens (tertiary/aromatic N) is 5. The molecule has 11 heteroatoms. The third-order valence-corrected chi connectivity index (χ3v) is 6.69. The first-order valence-electron chi connectivity index (χ1n) is 11.1. The number of carbonyl (C=O) groups excluding carboxylic acids is 1. The number of nitriles is 1. The SMILES string of the molecule is CC(C)(O)C(F)CNC(=O)c1cnc(-n2ncc3cc(C#N)c(N)nc32)cc1NC12CC(C1)C2. The van der Waals surface area contributed by atoms with E-state index in [0.29, 0.717) is 22.5 Å². The molecule has 0 radical (unpaired) electrons. The Morgan fingerprint density at radius 2 is 2.15 bits per heavy atom. The minimum absolute atomic E-state index is 0.0371. The van der Waals surface area contributed by atoms with Gasteiger partial charge in [0.05, 0.1) is 35.2 Å². The van der Waals surface area contributed by atoms with Crippen molar-refractivity contribution < 1.29 is 14.3 Å². The summed E-state index contributed by atoms with van der Waals surface area (Å²) in [5.41, 5.74) is 5.81. The summed E-state index contributed by atoms with van der Waals surface area (Å²) >= 11 is 0. The molecule has 6 rings (SSSR count). The topological polar surface area (TPSA) is 155 Å². The van der Waals surface area contributed by atoms with Gasteiger partial charge in [0.15, 0.2) is 11.5 Å². The fraction of sp³-hybridized carbons (Fsp3) is 0.435. The van der Waals surface area contributed by atoms with Crippen molar-refractivity contribution in [2.75, 3.05) is 17.6 Å². The lowest BCUT2D eigenvalue weighted by Gasteiger charge is -2.62. The highest BCUT2D eigenvalue weighted by atomic mass is 19.1. The predicted molar refractivity (Wildman–Crippen MR) is 123 cm³/mol. The van der Waals surface area contributed by atoms with E-state index >= 15 is 0 Å². The van der Waals surface area contributed by atoms with E-state index in [2.05, 4.69) is 25.7 Å². The largest absolute Gasteiger partial charge is 0.387 e. The van der Waals surface area contributed by atoms with Gasteiger partial charge in [0.25, 0.3) is 5.91 Å². The van der Waals surface area contributed by atoms with Crippen LogP contribution in [0.2, 0.25) is 0 Å². The zero-order chi connectivity index (χ0) is 24.3. The molecule has 3 aromatic rings. The van der Waals surface area contributed by atoms with Crippen molar-refractivity contribution in [1.82, 2.24) is 25.1 Å². The van der Waals surface area contributed by atoms with Crippen molar-refractivity contribution in [3.05, 3.63) is 35.7 Å². The number of pyridine rings is 2. The quantitative estimate of drug-likeness (QED) is 0.414. The van der Waals surface area contributed by atoms with Crippen LogP contribution in [0.3, 0.4) is 0 Å². The molecular formula is C23H25FN8O2. The molecule has 0 saturated heterocycles. The molecule has 0 aliphatic heterocycles. The molecule has 0 aromatic carbocycles. The molecule has 3 fully saturated rings. The molecular weight excluding hydrogens is 439 g/mol. The van der Waals surface area contributed by atoms with Gasteiger partial charge in [-0.25, -0.2) is 14.4 Å². The third-order valence-electron chi connectivity index (χ3n) is 6.69. The van der Waals surface area contributed by atoms with Crippen molar-refractivity contribution >= 4 is 28.4 Å². The molecule has 3 heterocycles. The molecule has 1 unspecified atom stereocenters. The average molecular weight is 465 g/mol. The second-order valence-electron chi connectivity index (χ2n) is 9.81. The van der Waals surface area contributed by atoms with Crippen molar-refractivity contribution in [2.45, 2.75) is 50.4 Å². The summed E-state index contributed by atoms with van der Waals surface area (Å²) < 4.78 is 15.7. The van der Waals surface area contributed by atoms with E-state index in [1.54, 1.807) is 18.3 Å². The van der Waals surface area contributed by atoms with Crippen molar-refractivity contribution in [3.63, 3.8) is 0 Å². The molecule has 10 nitrogen and oxygen atoms in total. The smallest absolute Gasteiger partial charge is 0.255 e. The first-order valence-corrected chi connectivity index (χ1v) is 11.1. The second kappa shape index (κ2) is 7.63. The number of aromatic nitrogens is 4. The number of anilines is 2. The van der Waals surface area contributed by atoms with E-state index in [1.165, 1.54) is 24.7 Å². The standard InChI is InChI=1S/C23H25FN8O2/c1-22(2,34)17(24)11-28-21(33)15-10-27-18(4-16(15)31-23-5-12(6-23)7-23)32-20-14(9-29-32)3-13(8-25)19(26)30-20/h3-4,9-10,12,17,34H,5-7,11H2,1-2H3,(H2,26,30)(H,27,31)(H,28,33). The van der Waals surface area contributed by atoms with Crippen LogP contribution >= 0.6 is 0 Å². The van der Waals surface area contributed by atoms with E-state index in [1.807, 2.05) is 6.07 Å². The molecule has 176 valence electrons. The summed E-state index contributed by atoms with van der Waals surface area (Å²) in [6, 6.07) is 5.32. The number of nitrogens with one attached hydrogen (secondary N) is 2. The van der Waals surface area contributed by atoms with Gasteiger partial charge >= 0.3 is 0 Å². The number of hydrogen-bond donors (Lipinski definition) is 4. The summed E-state index contributed by atoms with van der Waals surface area (Å²) in [6.45, 7) is 2.38. The van der Waals surface area contributed by atoms with Gasteiger partial charge in [-0.3, -0.25) is 4.79 Å². The normalized spacial score (nSPS) is 21.8. The van der Waals surface area contributed by atoms with E-state index in [4.69, 9.17) is 5.73 Å². The van der Waals surface area contributed by atoms with Crippen LogP contribution in [0, 0.1) is 17.2 Å². The van der Waals surface area contributed by atoms with E-state index in [0.717, 1.165) is 25.2 Å². The third kappa shape index (κ3) is 3.70. The summed E-state index contributed by atoms with van der Waals surface area (Å²) in [4.78, 5) is 21.6. The Bertz CT molecular complexity index is 1320. The number of nitrogens with two attached hydrogens (primary N) is 1. The highest BCUT2D eigenvalue weighted by Gasteiger charge is 2.56. The minimum atomic E-state index is -1.62. The zero-order valence-corrected chi connectivity index (χ0v) is 18.8. The van der Waals surface area contributed by atoms with Crippen LogP contribution in [0.15, 0.2) is 24.5 Å². The van der Waals surface area contributed by atoms with Crippen molar-refractivity contribution in [2.24, 2.45) is 5.92 Å². The Balaban J connectivity index is 1.48. The van der Waals surface area contributed by atoms with Crippen LogP contribution in [0.1, 0.15) is 49.0 Å². The lowest BCUT2D eigenvalue weighted by Crippen LogP contribution is -2.63. The number of halogens is 1. The first kappa shape index (κ1) is 22.0. The summed E-state index contributed by atoms with van der Waals surface area (Å²) in [6.07, 6.45) is 4.47. The van der Waals surface area contributed by atoms with Gasteiger partial charge in [0, 0.05) is 23.2 Å². The van der Waals surface area contributed by atoms with Crippen molar-refractivity contribution in [1.29, 1.82) is 5.26 Å². The molecule has 5 N–H and O–H groups in total. The van der Waals surface area contributed by atoms with Crippen LogP contribution in [-0.2, 0) is 0 Å². The number of rotatable bonds is 7. The first-order chi connectivity index (χ1) is 16.1. The number of hydrogen-bond acceptors (Lipinski definition) is 8. The number of aliphatic hydroxyl groups is 1. The van der Waals surface area contributed by atoms with Crippen LogP contribution in [-0.4, -0.2) is 54.6 Å². The van der Waals surface area contributed by atoms with Crippen LogP contribution < -0.4 is 16.4 Å². The Kier molecular flexibility index (Phi) is 4.95. The van der Waals surface area contributed by atoms with Gasteiger partial charge in [-0.2, -0.15) is 15.0 Å². The zero-order valence-electron chi connectivity index (χ0n) is 18.8. The molecule has 34 heavy (non-hydrogen) atoms. The lowest BCUT2D eigenvalue weighted by molar-refractivity contribution is -0.00179. The van der Waals surface area contributed by atoms with Gasteiger partial charge in [0.2, 0.25) is 0 Å². The molecule has 0 spiro atoms. The lowest BCUT2D eigenvalue weighted by atomic mass is 9.50. The number of alkyl halides is 1. The van der Waals surface area contributed by atoms with Crippen molar-refractivity contribution in [3.8, 4) is 11.9 Å². The van der Waals surface area contributed by atoms with Crippen LogP contribution in [0.4, 0.5) is 15.9 Å². The van der Waals surface area contributed by atoms with Gasteiger partial charge in [-0.05, 0) is 45.1 Å². The Labute approximate surface area is 195 Å². The highest BCUT2D eigenvalue weighted by molar-refractivity contribution is 5.99. The maximum atomic E-state index is 14.2. The van der Waals surface area contributed by atoms with Gasteiger partial charge in [-0.1, -0.05) is 0 Å². The Hall–Kier alpha value is -3.78. The van der Waals surface area contributed by atoms with E-state index < -0.39 is 17.7 Å².